The summed E-state index contributed by atoms with van der Waals surface area (Å²) in [5.41, 5.74) is 0.606. The van der Waals surface area contributed by atoms with Crippen LogP contribution in [0.15, 0.2) is 12.3 Å². The Kier molecular flexibility index (Phi) is 4.34. The van der Waals surface area contributed by atoms with Gasteiger partial charge >= 0.3 is 0 Å². The van der Waals surface area contributed by atoms with Gasteiger partial charge in [0.05, 0.1) is 10.6 Å². The van der Waals surface area contributed by atoms with E-state index in [0.717, 1.165) is 32.4 Å². The minimum Gasteiger partial charge on any atom is -0.369 e. The van der Waals surface area contributed by atoms with Gasteiger partial charge in [-0.05, 0) is 44.1 Å². The first kappa shape index (κ1) is 14.6. The van der Waals surface area contributed by atoms with Crippen molar-refractivity contribution in [1.29, 1.82) is 0 Å². The molecule has 4 nitrogen and oxygen atoms in total. The maximum atomic E-state index is 12.7. The summed E-state index contributed by atoms with van der Waals surface area (Å²) in [4.78, 5) is 19.0. The molecule has 1 N–H and O–H groups in total. The van der Waals surface area contributed by atoms with Crippen LogP contribution in [0.4, 0.5) is 5.82 Å². The highest BCUT2D eigenvalue weighted by molar-refractivity contribution is 6.33. The van der Waals surface area contributed by atoms with Crippen molar-refractivity contribution in [3.05, 3.63) is 22.8 Å². The molecule has 0 radical (unpaired) electrons. The lowest BCUT2D eigenvalue weighted by Crippen LogP contribution is -2.35. The fourth-order valence-electron chi connectivity index (χ4n) is 2.46. The summed E-state index contributed by atoms with van der Waals surface area (Å²) in [5.74, 6) is 1.46. The average Bonchev–Trinajstić information content (AvgIpc) is 3.36. The number of pyridine rings is 1. The molecule has 114 valence electrons. The molecule has 1 aromatic rings. The number of amides is 1. The van der Waals surface area contributed by atoms with Crippen LogP contribution in [0.2, 0.25) is 5.02 Å². The molecule has 2 aliphatic rings. The van der Waals surface area contributed by atoms with Gasteiger partial charge in [-0.1, -0.05) is 18.5 Å². The second-order valence-corrected chi connectivity index (χ2v) is 6.52. The van der Waals surface area contributed by atoms with Gasteiger partial charge in [-0.2, -0.15) is 0 Å². The number of carbonyl (C=O) groups is 1. The lowest BCUT2D eigenvalue weighted by molar-refractivity contribution is 0.0734. The van der Waals surface area contributed by atoms with Crippen LogP contribution in [0.5, 0.6) is 0 Å². The summed E-state index contributed by atoms with van der Waals surface area (Å²) in [6.07, 6.45) is 7.44. The van der Waals surface area contributed by atoms with E-state index in [1.54, 1.807) is 12.3 Å². The van der Waals surface area contributed by atoms with Gasteiger partial charge in [0, 0.05) is 25.3 Å². The highest BCUT2D eigenvalue weighted by Gasteiger charge is 2.37. The van der Waals surface area contributed by atoms with Crippen molar-refractivity contribution >= 4 is 23.3 Å². The molecule has 2 aliphatic carbocycles. The highest BCUT2D eigenvalue weighted by Crippen LogP contribution is 2.35. The molecule has 1 aromatic heterocycles. The number of halogens is 1. The molecule has 0 unspecified atom stereocenters. The Morgan fingerprint density at radius 1 is 1.43 bits per heavy atom. The predicted octanol–water partition coefficient (Wildman–Crippen LogP) is 3.57. The highest BCUT2D eigenvalue weighted by atomic mass is 35.5. The zero-order chi connectivity index (χ0) is 14.8. The van der Waals surface area contributed by atoms with E-state index in [0.29, 0.717) is 28.4 Å². The molecule has 3 rings (SSSR count). The van der Waals surface area contributed by atoms with Crippen molar-refractivity contribution in [1.82, 2.24) is 9.88 Å². The summed E-state index contributed by atoms with van der Waals surface area (Å²) in [7, 11) is 0. The Morgan fingerprint density at radius 3 is 2.76 bits per heavy atom. The Labute approximate surface area is 130 Å². The van der Waals surface area contributed by atoms with E-state index in [2.05, 4.69) is 17.2 Å². The molecule has 0 aromatic carbocycles. The van der Waals surface area contributed by atoms with E-state index < -0.39 is 0 Å². The van der Waals surface area contributed by atoms with Crippen molar-refractivity contribution in [3.8, 4) is 0 Å². The second-order valence-electron chi connectivity index (χ2n) is 6.11. The smallest absolute Gasteiger partial charge is 0.255 e. The molecule has 0 aliphatic heterocycles. The number of nitrogens with zero attached hydrogens (tertiary/aromatic N) is 2. The van der Waals surface area contributed by atoms with Crippen LogP contribution < -0.4 is 5.32 Å². The molecular formula is C16H22ClN3O. The number of aromatic nitrogens is 1. The number of nitrogens with one attached hydrogen (secondary N) is 1. The largest absolute Gasteiger partial charge is 0.369 e. The molecule has 0 spiro atoms. The first-order valence-corrected chi connectivity index (χ1v) is 8.27. The van der Waals surface area contributed by atoms with Gasteiger partial charge in [0.25, 0.3) is 5.91 Å². The van der Waals surface area contributed by atoms with Crippen LogP contribution in [-0.2, 0) is 0 Å². The molecule has 1 heterocycles. The maximum absolute atomic E-state index is 12.7. The third-order valence-corrected chi connectivity index (χ3v) is 4.32. The number of rotatable bonds is 7. The van der Waals surface area contributed by atoms with Gasteiger partial charge in [-0.3, -0.25) is 4.79 Å². The topological polar surface area (TPSA) is 45.2 Å². The zero-order valence-corrected chi connectivity index (χ0v) is 13.2. The molecule has 2 fully saturated rings. The summed E-state index contributed by atoms with van der Waals surface area (Å²) in [6, 6.07) is 2.19. The third-order valence-electron chi connectivity index (χ3n) is 4.03. The van der Waals surface area contributed by atoms with E-state index in [1.165, 1.54) is 12.8 Å². The van der Waals surface area contributed by atoms with Gasteiger partial charge in [-0.15, -0.1) is 0 Å². The number of hydrogen-bond acceptors (Lipinski definition) is 3. The first-order valence-electron chi connectivity index (χ1n) is 7.89. The summed E-state index contributed by atoms with van der Waals surface area (Å²) >= 11 is 6.23. The van der Waals surface area contributed by atoms with Crippen LogP contribution in [0, 0.1) is 5.92 Å². The summed E-state index contributed by atoms with van der Waals surface area (Å²) in [5, 5.41) is 3.69. The van der Waals surface area contributed by atoms with Crippen LogP contribution in [0.25, 0.3) is 0 Å². The molecule has 21 heavy (non-hydrogen) atoms. The Morgan fingerprint density at radius 2 is 2.19 bits per heavy atom. The molecule has 0 atom stereocenters. The lowest BCUT2D eigenvalue weighted by atomic mass is 10.2. The summed E-state index contributed by atoms with van der Waals surface area (Å²) in [6.45, 7) is 3.82. The molecule has 0 bridgehead atoms. The molecule has 1 amide bonds. The molecular weight excluding hydrogens is 286 g/mol. The predicted molar refractivity (Wildman–Crippen MR) is 84.8 cm³/mol. The average molecular weight is 308 g/mol. The molecule has 2 saturated carbocycles. The van der Waals surface area contributed by atoms with Crippen LogP contribution >= 0.6 is 11.6 Å². The van der Waals surface area contributed by atoms with E-state index in [-0.39, 0.29) is 5.91 Å². The monoisotopic (exact) mass is 307 g/mol. The number of anilines is 1. The van der Waals surface area contributed by atoms with Gasteiger partial charge in [0.15, 0.2) is 0 Å². The Bertz CT molecular complexity index is 526. The maximum Gasteiger partial charge on any atom is 0.255 e. The fourth-order valence-corrected chi connectivity index (χ4v) is 2.69. The normalized spacial score (nSPS) is 17.6. The lowest BCUT2D eigenvalue weighted by Gasteiger charge is -2.22. The van der Waals surface area contributed by atoms with E-state index in [9.17, 15) is 4.79 Å². The van der Waals surface area contributed by atoms with Gasteiger partial charge in [0.1, 0.15) is 5.82 Å². The minimum absolute atomic E-state index is 0.0841. The van der Waals surface area contributed by atoms with Crippen LogP contribution in [0.1, 0.15) is 49.4 Å². The standard InChI is InChI=1S/C16H22ClN3O/c1-2-7-18-15-14(17)8-12(9-19-15)16(21)20(13-5-6-13)10-11-3-4-11/h8-9,11,13H,2-7,10H2,1H3,(H,18,19). The Balaban J connectivity index is 1.71. The minimum atomic E-state index is 0.0841. The zero-order valence-electron chi connectivity index (χ0n) is 12.4. The van der Waals surface area contributed by atoms with E-state index >= 15 is 0 Å². The third kappa shape index (κ3) is 3.67. The summed E-state index contributed by atoms with van der Waals surface area (Å²) < 4.78 is 0. The number of carbonyl (C=O) groups excluding carboxylic acids is 1. The number of hydrogen-bond donors (Lipinski definition) is 1. The van der Waals surface area contributed by atoms with Crippen molar-refractivity contribution in [2.24, 2.45) is 5.92 Å². The van der Waals surface area contributed by atoms with Crippen molar-refractivity contribution in [2.45, 2.75) is 45.1 Å². The Hall–Kier alpha value is -1.29. The van der Waals surface area contributed by atoms with E-state index in [4.69, 9.17) is 11.6 Å². The van der Waals surface area contributed by atoms with Gasteiger partial charge in [-0.25, -0.2) is 4.98 Å². The van der Waals surface area contributed by atoms with Crippen LogP contribution in [-0.4, -0.2) is 34.9 Å². The second kappa shape index (κ2) is 6.22. The SMILES string of the molecule is CCCNc1ncc(C(=O)N(CC2CC2)C2CC2)cc1Cl. The fraction of sp³-hybridized carbons (Fsp3) is 0.625. The van der Waals surface area contributed by atoms with Crippen LogP contribution in [0.3, 0.4) is 0 Å². The van der Waals surface area contributed by atoms with Crippen molar-refractivity contribution < 1.29 is 4.79 Å². The van der Waals surface area contributed by atoms with E-state index in [1.807, 2.05) is 4.90 Å². The molecule has 5 heteroatoms. The van der Waals surface area contributed by atoms with Gasteiger partial charge < -0.3 is 10.2 Å². The van der Waals surface area contributed by atoms with Crippen molar-refractivity contribution in [2.75, 3.05) is 18.4 Å². The van der Waals surface area contributed by atoms with Gasteiger partial charge in [0.2, 0.25) is 0 Å². The quantitative estimate of drug-likeness (QED) is 0.837. The molecule has 0 saturated heterocycles. The first-order chi connectivity index (χ1) is 10.2. The van der Waals surface area contributed by atoms with Crippen molar-refractivity contribution in [3.63, 3.8) is 0 Å².